The molecule has 0 atom stereocenters. The number of carbonyl (C=O) groups excluding carboxylic acids is 3. The van der Waals surface area contributed by atoms with Crippen molar-refractivity contribution in [3.63, 3.8) is 0 Å². The van der Waals surface area contributed by atoms with Crippen molar-refractivity contribution in [1.29, 1.82) is 0 Å². The van der Waals surface area contributed by atoms with E-state index in [0.29, 0.717) is 38.9 Å². The highest BCUT2D eigenvalue weighted by atomic mass is 35.5. The van der Waals surface area contributed by atoms with Gasteiger partial charge in [-0.2, -0.15) is 5.10 Å². The zero-order valence-electron chi connectivity index (χ0n) is 19.6. The van der Waals surface area contributed by atoms with E-state index in [9.17, 15) is 14.4 Å². The van der Waals surface area contributed by atoms with Crippen LogP contribution in [0.3, 0.4) is 0 Å². The molecule has 0 aliphatic rings. The van der Waals surface area contributed by atoms with Gasteiger partial charge in [-0.25, -0.2) is 10.2 Å². The fourth-order valence-electron chi connectivity index (χ4n) is 3.11. The Hall–Kier alpha value is -4.17. The van der Waals surface area contributed by atoms with Crippen LogP contribution in [0.15, 0.2) is 65.8 Å². The molecule has 3 aromatic rings. The molecule has 0 aliphatic heterocycles. The average molecular weight is 494 g/mol. The van der Waals surface area contributed by atoms with E-state index in [-0.39, 0.29) is 5.75 Å². The largest absolute Gasteiger partial charge is 0.493 e. The molecule has 0 aromatic heterocycles. The number of esters is 1. The summed E-state index contributed by atoms with van der Waals surface area (Å²) >= 11 is 6.04. The fourth-order valence-corrected chi connectivity index (χ4v) is 3.28. The zero-order chi connectivity index (χ0) is 25.5. The second-order valence-corrected chi connectivity index (χ2v) is 7.98. The van der Waals surface area contributed by atoms with Crippen LogP contribution in [0.2, 0.25) is 5.02 Å². The number of halogens is 1. The Kier molecular flexibility index (Phi) is 8.22. The molecule has 3 rings (SSSR count). The number of nitrogens with one attached hydrogen (secondary N) is 2. The Labute approximate surface area is 207 Å². The van der Waals surface area contributed by atoms with E-state index in [2.05, 4.69) is 15.8 Å². The number of benzene rings is 3. The maximum Gasteiger partial charge on any atom is 0.343 e. The van der Waals surface area contributed by atoms with Crippen molar-refractivity contribution >= 4 is 40.8 Å². The average Bonchev–Trinajstić information content (AvgIpc) is 2.85. The highest BCUT2D eigenvalue weighted by Gasteiger charge is 2.17. The maximum absolute atomic E-state index is 12.5. The molecule has 0 spiro atoms. The molecule has 2 N–H and O–H groups in total. The third kappa shape index (κ3) is 6.24. The summed E-state index contributed by atoms with van der Waals surface area (Å²) in [4.78, 5) is 36.9. The third-order valence-electron chi connectivity index (χ3n) is 5.20. The van der Waals surface area contributed by atoms with Crippen LogP contribution in [0.5, 0.6) is 11.5 Å². The number of amides is 2. The van der Waals surface area contributed by atoms with Gasteiger partial charge >= 0.3 is 17.8 Å². The quantitative estimate of drug-likeness (QED) is 0.171. The zero-order valence-corrected chi connectivity index (χ0v) is 20.4. The number of hydrogen-bond donors (Lipinski definition) is 2. The Bertz CT molecular complexity index is 1320. The van der Waals surface area contributed by atoms with E-state index in [1.807, 2.05) is 19.1 Å². The molecule has 0 bridgehead atoms. The molecule has 3 aromatic carbocycles. The van der Waals surface area contributed by atoms with E-state index in [1.54, 1.807) is 62.4 Å². The molecule has 0 aliphatic carbocycles. The van der Waals surface area contributed by atoms with E-state index < -0.39 is 17.8 Å². The summed E-state index contributed by atoms with van der Waals surface area (Å²) < 4.78 is 10.9. The van der Waals surface area contributed by atoms with E-state index in [1.165, 1.54) is 7.11 Å². The van der Waals surface area contributed by atoms with Gasteiger partial charge in [0.25, 0.3) is 0 Å². The minimum atomic E-state index is -0.945. The molecule has 9 heteroatoms. The summed E-state index contributed by atoms with van der Waals surface area (Å²) in [6.45, 7) is 5.20. The van der Waals surface area contributed by atoms with Gasteiger partial charge in [-0.15, -0.1) is 0 Å². The molecule has 0 fully saturated rings. The predicted octanol–water partition coefficient (Wildman–Crippen LogP) is 4.66. The van der Waals surface area contributed by atoms with Crippen LogP contribution in [-0.4, -0.2) is 30.6 Å². The van der Waals surface area contributed by atoms with Gasteiger partial charge in [0, 0.05) is 16.3 Å². The Morgan fingerprint density at radius 2 is 1.66 bits per heavy atom. The summed E-state index contributed by atoms with van der Waals surface area (Å²) in [6.07, 6.45) is 0. The number of nitrogens with zero attached hydrogens (tertiary/aromatic N) is 1. The second-order valence-electron chi connectivity index (χ2n) is 7.57. The molecule has 0 heterocycles. The number of hydrogen-bond acceptors (Lipinski definition) is 6. The first-order valence-corrected chi connectivity index (χ1v) is 11.0. The van der Waals surface area contributed by atoms with Crippen molar-refractivity contribution in [3.05, 3.63) is 87.9 Å². The molecule has 35 heavy (non-hydrogen) atoms. The van der Waals surface area contributed by atoms with E-state index in [0.717, 1.165) is 5.56 Å². The molecule has 0 saturated carbocycles. The van der Waals surface area contributed by atoms with Gasteiger partial charge in [-0.1, -0.05) is 35.9 Å². The van der Waals surface area contributed by atoms with Gasteiger partial charge < -0.3 is 14.8 Å². The predicted molar refractivity (Wildman–Crippen MR) is 134 cm³/mol. The van der Waals surface area contributed by atoms with Gasteiger partial charge in [0.2, 0.25) is 0 Å². The van der Waals surface area contributed by atoms with Crippen molar-refractivity contribution in [2.24, 2.45) is 5.10 Å². The van der Waals surface area contributed by atoms with Crippen LogP contribution < -0.4 is 20.2 Å². The van der Waals surface area contributed by atoms with Gasteiger partial charge in [0.15, 0.2) is 11.5 Å². The van der Waals surface area contributed by atoms with Crippen molar-refractivity contribution in [3.8, 4) is 11.5 Å². The molecule has 8 nitrogen and oxygen atoms in total. The van der Waals surface area contributed by atoms with Crippen LogP contribution >= 0.6 is 11.6 Å². The van der Waals surface area contributed by atoms with Crippen LogP contribution in [0.1, 0.15) is 34.0 Å². The summed E-state index contributed by atoms with van der Waals surface area (Å²) in [5.41, 5.74) is 5.53. The number of aryl methyl sites for hydroxylation is 1. The Morgan fingerprint density at radius 3 is 2.37 bits per heavy atom. The standard InChI is InChI=1S/C26H24ClN3O5/c1-15-8-5-6-9-19(15)26(33)35-22-13-12-18(14-23(22)34-4)17(3)29-30-25(32)24(31)28-21-11-7-10-20(27)16(21)2/h5-14H,1-4H3,(H,28,31)(H,30,32)/b29-17+. The fraction of sp³-hybridized carbons (Fsp3) is 0.154. The van der Waals surface area contributed by atoms with Gasteiger partial charge in [0.1, 0.15) is 0 Å². The monoisotopic (exact) mass is 493 g/mol. The first-order valence-electron chi connectivity index (χ1n) is 10.6. The van der Waals surface area contributed by atoms with Crippen molar-refractivity contribution in [2.45, 2.75) is 20.8 Å². The number of methoxy groups -OCH3 is 1. The normalized spacial score (nSPS) is 10.9. The molecule has 2 amide bonds. The van der Waals surface area contributed by atoms with Gasteiger partial charge in [-0.3, -0.25) is 9.59 Å². The number of ether oxygens (including phenoxy) is 2. The summed E-state index contributed by atoms with van der Waals surface area (Å²) in [5, 5.41) is 6.96. The number of rotatable bonds is 6. The molecule has 0 saturated heterocycles. The SMILES string of the molecule is COc1cc(/C(C)=N/NC(=O)C(=O)Nc2cccc(Cl)c2C)ccc1OC(=O)c1ccccc1C. The van der Waals surface area contributed by atoms with Crippen LogP contribution in [0.25, 0.3) is 0 Å². The van der Waals surface area contributed by atoms with Crippen LogP contribution in [0, 0.1) is 13.8 Å². The first kappa shape index (κ1) is 25.5. The lowest BCUT2D eigenvalue weighted by Crippen LogP contribution is -2.33. The van der Waals surface area contributed by atoms with Crippen molar-refractivity contribution in [1.82, 2.24) is 5.43 Å². The highest BCUT2D eigenvalue weighted by molar-refractivity contribution is 6.40. The van der Waals surface area contributed by atoms with E-state index >= 15 is 0 Å². The highest BCUT2D eigenvalue weighted by Crippen LogP contribution is 2.29. The van der Waals surface area contributed by atoms with Crippen molar-refractivity contribution < 1.29 is 23.9 Å². The molecular formula is C26H24ClN3O5. The lowest BCUT2D eigenvalue weighted by atomic mass is 10.1. The minimum Gasteiger partial charge on any atom is -0.493 e. The summed E-state index contributed by atoms with van der Waals surface area (Å²) in [6, 6.07) is 16.9. The van der Waals surface area contributed by atoms with E-state index in [4.69, 9.17) is 21.1 Å². The topological polar surface area (TPSA) is 106 Å². The second kappa shape index (κ2) is 11.3. The Morgan fingerprint density at radius 1 is 0.914 bits per heavy atom. The lowest BCUT2D eigenvalue weighted by molar-refractivity contribution is -0.136. The first-order chi connectivity index (χ1) is 16.7. The van der Waals surface area contributed by atoms with Crippen molar-refractivity contribution in [2.75, 3.05) is 12.4 Å². The smallest absolute Gasteiger partial charge is 0.343 e. The maximum atomic E-state index is 12.5. The summed E-state index contributed by atoms with van der Waals surface area (Å²) in [7, 11) is 1.45. The van der Waals surface area contributed by atoms with Gasteiger partial charge in [-0.05, 0) is 68.3 Å². The molecular weight excluding hydrogens is 470 g/mol. The lowest BCUT2D eigenvalue weighted by Gasteiger charge is -2.12. The third-order valence-corrected chi connectivity index (χ3v) is 5.61. The number of carbonyl (C=O) groups is 3. The van der Waals surface area contributed by atoms with Crippen LogP contribution in [-0.2, 0) is 9.59 Å². The number of hydrazone groups is 1. The Balaban J connectivity index is 1.69. The minimum absolute atomic E-state index is 0.234. The van der Waals surface area contributed by atoms with Crippen LogP contribution in [0.4, 0.5) is 5.69 Å². The molecule has 0 unspecified atom stereocenters. The molecule has 180 valence electrons. The summed E-state index contributed by atoms with van der Waals surface area (Å²) in [5.74, 6) is -1.80. The van der Waals surface area contributed by atoms with Gasteiger partial charge in [0.05, 0.1) is 18.4 Å². The number of anilines is 1. The molecule has 0 radical (unpaired) electrons.